The summed E-state index contributed by atoms with van der Waals surface area (Å²) in [6.45, 7) is 2.71. The minimum absolute atomic E-state index is 0.0126. The van der Waals surface area contributed by atoms with Crippen molar-refractivity contribution in [2.45, 2.75) is 38.5 Å². The van der Waals surface area contributed by atoms with Gasteiger partial charge in [0.25, 0.3) is 0 Å². The maximum Gasteiger partial charge on any atom is 0.411 e. The molecule has 0 aromatic heterocycles. The van der Waals surface area contributed by atoms with Gasteiger partial charge in [-0.2, -0.15) is 0 Å². The third kappa shape index (κ3) is 3.98. The molecule has 0 saturated carbocycles. The van der Waals surface area contributed by atoms with Crippen LogP contribution < -0.4 is 5.73 Å². The molecule has 1 aliphatic heterocycles. The van der Waals surface area contributed by atoms with Crippen molar-refractivity contribution in [3.8, 4) is 0 Å². The Labute approximate surface area is 130 Å². The molecular weight excluding hydrogens is 284 g/mol. The highest BCUT2D eigenvalue weighted by molar-refractivity contribution is 5.74. The summed E-state index contributed by atoms with van der Waals surface area (Å²) in [5.41, 5.74) is 6.12. The Balaban J connectivity index is 1.94. The van der Waals surface area contributed by atoms with E-state index in [2.05, 4.69) is 0 Å². The van der Waals surface area contributed by atoms with E-state index in [0.717, 1.165) is 12.0 Å². The molecule has 6 nitrogen and oxygen atoms in total. The molecule has 1 aromatic carbocycles. The molecule has 0 bridgehead atoms. The number of likely N-dealkylation sites (tertiary alicyclic amines) is 1. The van der Waals surface area contributed by atoms with Crippen LogP contribution in [0.5, 0.6) is 0 Å². The largest absolute Gasteiger partial charge is 0.466 e. The van der Waals surface area contributed by atoms with Gasteiger partial charge in [0.15, 0.2) is 0 Å². The Morgan fingerprint density at radius 2 is 2.00 bits per heavy atom. The number of hydrogen-bond acceptors (Lipinski definition) is 5. The van der Waals surface area contributed by atoms with Gasteiger partial charge in [0.05, 0.1) is 13.0 Å². The summed E-state index contributed by atoms with van der Waals surface area (Å²) in [6.07, 6.45) is 0.803. The molecule has 0 spiro atoms. The van der Waals surface area contributed by atoms with Gasteiger partial charge in [-0.15, -0.1) is 0 Å². The molecule has 120 valence electrons. The summed E-state index contributed by atoms with van der Waals surface area (Å²) in [5.74, 6) is -0.396. The number of benzene rings is 1. The Morgan fingerprint density at radius 1 is 1.27 bits per heavy atom. The molecule has 2 N–H and O–H groups in total. The van der Waals surface area contributed by atoms with Crippen LogP contribution in [0.2, 0.25) is 0 Å². The Morgan fingerprint density at radius 3 is 2.68 bits per heavy atom. The summed E-state index contributed by atoms with van der Waals surface area (Å²) in [7, 11) is 0. The van der Waals surface area contributed by atoms with Crippen molar-refractivity contribution in [3.05, 3.63) is 35.9 Å². The Hall–Kier alpha value is -2.08. The third-order valence-corrected chi connectivity index (χ3v) is 3.71. The molecule has 6 heteroatoms. The van der Waals surface area contributed by atoms with Gasteiger partial charge in [-0.25, -0.2) is 4.79 Å². The predicted octanol–water partition coefficient (Wildman–Crippen LogP) is 2.03. The van der Waals surface area contributed by atoms with Gasteiger partial charge >= 0.3 is 12.1 Å². The SMILES string of the molecule is CCOC(=O)C[C@@]1(N)CCCN1C(=O)OCc1ccccc1. The first kappa shape index (κ1) is 16.3. The maximum atomic E-state index is 12.2. The number of hydrogen-bond donors (Lipinski definition) is 1. The van der Waals surface area contributed by atoms with Crippen LogP contribution in [0.1, 0.15) is 31.7 Å². The van der Waals surface area contributed by atoms with Gasteiger partial charge in [0.2, 0.25) is 0 Å². The van der Waals surface area contributed by atoms with E-state index in [0.29, 0.717) is 19.6 Å². The average molecular weight is 306 g/mol. The zero-order valence-corrected chi connectivity index (χ0v) is 12.8. The van der Waals surface area contributed by atoms with Crippen LogP contribution in [-0.2, 0) is 20.9 Å². The monoisotopic (exact) mass is 306 g/mol. The molecule has 22 heavy (non-hydrogen) atoms. The average Bonchev–Trinajstić information content (AvgIpc) is 2.87. The Bertz CT molecular complexity index is 520. The molecule has 1 amide bonds. The van der Waals surface area contributed by atoms with Crippen molar-refractivity contribution in [1.82, 2.24) is 4.90 Å². The van der Waals surface area contributed by atoms with Crippen LogP contribution in [0.3, 0.4) is 0 Å². The van der Waals surface area contributed by atoms with E-state index in [-0.39, 0.29) is 13.0 Å². The van der Waals surface area contributed by atoms with Gasteiger partial charge in [-0.05, 0) is 25.3 Å². The number of esters is 1. The van der Waals surface area contributed by atoms with Crippen molar-refractivity contribution in [1.29, 1.82) is 0 Å². The van der Waals surface area contributed by atoms with Crippen molar-refractivity contribution < 1.29 is 19.1 Å². The first-order valence-corrected chi connectivity index (χ1v) is 7.48. The lowest BCUT2D eigenvalue weighted by Gasteiger charge is -2.33. The smallest absolute Gasteiger partial charge is 0.411 e. The summed E-state index contributed by atoms with van der Waals surface area (Å²) < 4.78 is 10.2. The standard InChI is InChI=1S/C16H22N2O4/c1-2-21-14(19)11-16(17)9-6-10-18(16)15(20)22-12-13-7-4-3-5-8-13/h3-5,7-8H,2,6,9-12,17H2,1H3/t16-/m1/s1. The van der Waals surface area contributed by atoms with Crippen LogP contribution >= 0.6 is 0 Å². The Kier molecular flexibility index (Phi) is 5.38. The molecule has 2 rings (SSSR count). The van der Waals surface area contributed by atoms with Crippen LogP contribution in [-0.4, -0.2) is 35.8 Å². The van der Waals surface area contributed by atoms with Crippen LogP contribution in [0, 0.1) is 0 Å². The second-order valence-corrected chi connectivity index (χ2v) is 5.38. The van der Waals surface area contributed by atoms with Crippen molar-refractivity contribution in [2.24, 2.45) is 5.73 Å². The van der Waals surface area contributed by atoms with Crippen LogP contribution in [0.4, 0.5) is 4.79 Å². The fraction of sp³-hybridized carbons (Fsp3) is 0.500. The predicted molar refractivity (Wildman–Crippen MR) is 80.7 cm³/mol. The number of carbonyl (C=O) groups is 2. The van der Waals surface area contributed by atoms with Crippen molar-refractivity contribution in [3.63, 3.8) is 0 Å². The first-order valence-electron chi connectivity index (χ1n) is 7.48. The summed E-state index contributed by atoms with van der Waals surface area (Å²) in [4.78, 5) is 25.4. The molecule has 1 fully saturated rings. The zero-order chi connectivity index (χ0) is 16.0. The van der Waals surface area contributed by atoms with Gasteiger partial charge in [-0.1, -0.05) is 30.3 Å². The molecule has 0 unspecified atom stereocenters. The fourth-order valence-electron chi connectivity index (χ4n) is 2.62. The fourth-order valence-corrected chi connectivity index (χ4v) is 2.62. The summed E-state index contributed by atoms with van der Waals surface area (Å²) in [6, 6.07) is 9.42. The number of carbonyl (C=O) groups excluding carboxylic acids is 2. The second kappa shape index (κ2) is 7.26. The van der Waals surface area contributed by atoms with E-state index in [4.69, 9.17) is 15.2 Å². The molecule has 1 atom stereocenters. The van der Waals surface area contributed by atoms with Crippen LogP contribution in [0.15, 0.2) is 30.3 Å². The third-order valence-electron chi connectivity index (χ3n) is 3.71. The second-order valence-electron chi connectivity index (χ2n) is 5.38. The quantitative estimate of drug-likeness (QED) is 0.842. The summed E-state index contributed by atoms with van der Waals surface area (Å²) >= 11 is 0. The number of nitrogens with two attached hydrogens (primary N) is 1. The van der Waals surface area contributed by atoms with E-state index in [1.54, 1.807) is 6.92 Å². The molecule has 1 saturated heterocycles. The highest BCUT2D eigenvalue weighted by Gasteiger charge is 2.43. The maximum absolute atomic E-state index is 12.2. The van der Waals surface area contributed by atoms with Gasteiger partial charge in [0.1, 0.15) is 12.3 Å². The van der Waals surface area contributed by atoms with E-state index >= 15 is 0 Å². The van der Waals surface area contributed by atoms with E-state index in [1.807, 2.05) is 30.3 Å². The molecule has 1 heterocycles. The minimum atomic E-state index is -1.01. The normalized spacial score (nSPS) is 20.7. The molecular formula is C16H22N2O4. The lowest BCUT2D eigenvalue weighted by molar-refractivity contribution is -0.145. The number of rotatable bonds is 5. The lowest BCUT2D eigenvalue weighted by Crippen LogP contribution is -2.55. The number of ether oxygens (including phenoxy) is 2. The highest BCUT2D eigenvalue weighted by atomic mass is 16.6. The first-order chi connectivity index (χ1) is 10.5. The number of nitrogens with zero attached hydrogens (tertiary/aromatic N) is 1. The number of amides is 1. The van der Waals surface area contributed by atoms with Gasteiger partial charge in [0, 0.05) is 6.54 Å². The van der Waals surface area contributed by atoms with E-state index < -0.39 is 17.7 Å². The molecule has 1 aliphatic rings. The highest BCUT2D eigenvalue weighted by Crippen LogP contribution is 2.28. The van der Waals surface area contributed by atoms with Crippen LogP contribution in [0.25, 0.3) is 0 Å². The lowest BCUT2D eigenvalue weighted by atomic mass is 10.0. The molecule has 0 aliphatic carbocycles. The van der Waals surface area contributed by atoms with Gasteiger partial charge in [-0.3, -0.25) is 9.69 Å². The van der Waals surface area contributed by atoms with Crippen molar-refractivity contribution in [2.75, 3.05) is 13.2 Å². The summed E-state index contributed by atoms with van der Waals surface area (Å²) in [5, 5.41) is 0. The molecule has 0 radical (unpaired) electrons. The van der Waals surface area contributed by atoms with E-state index in [1.165, 1.54) is 4.90 Å². The molecule has 1 aromatic rings. The van der Waals surface area contributed by atoms with E-state index in [9.17, 15) is 9.59 Å². The topological polar surface area (TPSA) is 81.9 Å². The van der Waals surface area contributed by atoms with Crippen molar-refractivity contribution >= 4 is 12.1 Å². The minimum Gasteiger partial charge on any atom is -0.466 e. The van der Waals surface area contributed by atoms with Gasteiger partial charge < -0.3 is 15.2 Å². The zero-order valence-electron chi connectivity index (χ0n) is 12.8.